The van der Waals surface area contributed by atoms with Crippen LogP contribution in [0.15, 0.2) is 65.9 Å². The molecule has 2 aromatic heterocycles. The summed E-state index contributed by atoms with van der Waals surface area (Å²) < 4.78 is 7.45. The number of aliphatic imine (C=N–C) groups is 1. The van der Waals surface area contributed by atoms with Gasteiger partial charge in [0.25, 0.3) is 0 Å². The molecule has 0 spiro atoms. The number of aromatic nitrogens is 3. The van der Waals surface area contributed by atoms with E-state index in [2.05, 4.69) is 20.7 Å². The molecule has 9 nitrogen and oxygen atoms in total. The quantitative estimate of drug-likeness (QED) is 0.661. The number of pyridine rings is 1. The molecule has 2 N–H and O–H groups in total. The molecule has 0 saturated heterocycles. The van der Waals surface area contributed by atoms with Crippen molar-refractivity contribution in [2.75, 3.05) is 24.8 Å². The summed E-state index contributed by atoms with van der Waals surface area (Å²) in [6.45, 7) is 0. The Morgan fingerprint density at radius 1 is 1.13 bits per heavy atom. The number of nitriles is 1. The molecule has 1 unspecified atom stereocenters. The van der Waals surface area contributed by atoms with Crippen LogP contribution in [-0.2, 0) is 7.05 Å². The maximum atomic E-state index is 9.06. The molecule has 9 heteroatoms. The minimum absolute atomic E-state index is 0.345. The molecule has 3 aromatic rings. The highest BCUT2D eigenvalue weighted by Gasteiger charge is 2.18. The summed E-state index contributed by atoms with van der Waals surface area (Å²) in [6, 6.07) is 15.1. The third-order valence-corrected chi connectivity index (χ3v) is 4.73. The van der Waals surface area contributed by atoms with Crippen LogP contribution in [0.25, 0.3) is 11.3 Å². The smallest absolute Gasteiger partial charge is 0.199 e. The van der Waals surface area contributed by atoms with E-state index in [1.807, 2.05) is 67.8 Å². The summed E-state index contributed by atoms with van der Waals surface area (Å²) in [4.78, 5) is 10.9. The topological polar surface area (TPSA) is 103 Å². The second-order valence-electron chi connectivity index (χ2n) is 6.92. The van der Waals surface area contributed by atoms with Crippen LogP contribution < -0.4 is 15.4 Å². The number of methoxy groups -OCH3 is 1. The number of hydrogen-bond acceptors (Lipinski definition) is 8. The highest BCUT2D eigenvalue weighted by molar-refractivity contribution is 6.05. The molecule has 0 radical (unpaired) electrons. The van der Waals surface area contributed by atoms with Gasteiger partial charge < -0.3 is 20.3 Å². The Morgan fingerprint density at radius 2 is 1.97 bits per heavy atom. The predicted molar refractivity (Wildman–Crippen MR) is 120 cm³/mol. The predicted octanol–water partition coefficient (Wildman–Crippen LogP) is 3.03. The Labute approximate surface area is 180 Å². The van der Waals surface area contributed by atoms with Gasteiger partial charge in [-0.05, 0) is 36.4 Å². The zero-order chi connectivity index (χ0) is 21.8. The van der Waals surface area contributed by atoms with Crippen molar-refractivity contribution in [3.05, 3.63) is 66.6 Å². The fraction of sp³-hybridized carbons (Fsp3) is 0.182. The van der Waals surface area contributed by atoms with Crippen LogP contribution in [0.3, 0.4) is 0 Å². The first kappa shape index (κ1) is 20.0. The fourth-order valence-electron chi connectivity index (χ4n) is 3.21. The number of hydrogen-bond donors (Lipinski definition) is 2. The summed E-state index contributed by atoms with van der Waals surface area (Å²) in [5.41, 5.74) is 2.84. The number of nitrogens with zero attached hydrogens (tertiary/aromatic N) is 6. The third kappa shape index (κ3) is 4.33. The Morgan fingerprint density at radius 3 is 2.71 bits per heavy atom. The second-order valence-corrected chi connectivity index (χ2v) is 6.92. The average Bonchev–Trinajstić information content (AvgIpc) is 3.22. The lowest BCUT2D eigenvalue weighted by Gasteiger charge is -2.28. The number of amidine groups is 1. The molecule has 0 aliphatic carbocycles. The molecule has 4 rings (SSSR count). The lowest BCUT2D eigenvalue weighted by Crippen LogP contribution is -2.37. The molecule has 31 heavy (non-hydrogen) atoms. The highest BCUT2D eigenvalue weighted by atomic mass is 16.5. The van der Waals surface area contributed by atoms with Gasteiger partial charge in [-0.15, -0.1) is 0 Å². The Kier molecular flexibility index (Phi) is 5.53. The van der Waals surface area contributed by atoms with Gasteiger partial charge in [0.1, 0.15) is 23.4 Å². The standard InChI is InChI=1S/C22H22N8O/c1-29-12-11-20(27-22(29)26-19-9-4-6-15(14-23)24-19)25-18-8-5-7-16(21(18)31-3)17-10-13-30(2)28-17/h4-13,22H,1-3H3,(H,24,26)(H,25,27). The van der Waals surface area contributed by atoms with Crippen molar-refractivity contribution in [1.82, 2.24) is 19.7 Å². The number of aryl methyl sites for hydroxylation is 1. The molecule has 156 valence electrons. The van der Waals surface area contributed by atoms with E-state index in [9.17, 15) is 0 Å². The Hall–Kier alpha value is -4.32. The zero-order valence-electron chi connectivity index (χ0n) is 17.4. The van der Waals surface area contributed by atoms with Gasteiger partial charge in [0, 0.05) is 32.1 Å². The van der Waals surface area contributed by atoms with Gasteiger partial charge in [0.2, 0.25) is 0 Å². The van der Waals surface area contributed by atoms with Crippen molar-refractivity contribution in [2.45, 2.75) is 6.29 Å². The van der Waals surface area contributed by atoms with E-state index in [1.165, 1.54) is 0 Å². The molecule has 0 saturated carbocycles. The van der Waals surface area contributed by atoms with Crippen molar-refractivity contribution < 1.29 is 4.74 Å². The average molecular weight is 414 g/mol. The first-order chi connectivity index (χ1) is 15.1. The minimum Gasteiger partial charge on any atom is -0.494 e. The maximum Gasteiger partial charge on any atom is 0.199 e. The molecule has 1 aliphatic rings. The Bertz CT molecular complexity index is 1190. The molecular formula is C22H22N8O. The van der Waals surface area contributed by atoms with Crippen LogP contribution in [0, 0.1) is 11.3 Å². The van der Waals surface area contributed by atoms with E-state index in [4.69, 9.17) is 15.0 Å². The number of anilines is 2. The van der Waals surface area contributed by atoms with Crippen molar-refractivity contribution in [1.29, 1.82) is 5.26 Å². The van der Waals surface area contributed by atoms with E-state index >= 15 is 0 Å². The fourth-order valence-corrected chi connectivity index (χ4v) is 3.21. The largest absolute Gasteiger partial charge is 0.494 e. The van der Waals surface area contributed by atoms with E-state index < -0.39 is 0 Å². The number of rotatable bonds is 5. The summed E-state index contributed by atoms with van der Waals surface area (Å²) >= 11 is 0. The molecule has 1 aliphatic heterocycles. The van der Waals surface area contributed by atoms with Crippen LogP contribution in [0.4, 0.5) is 11.5 Å². The summed E-state index contributed by atoms with van der Waals surface area (Å²) in [5.74, 6) is 1.91. The maximum absolute atomic E-state index is 9.06. The summed E-state index contributed by atoms with van der Waals surface area (Å²) in [6.07, 6.45) is 5.30. The van der Waals surface area contributed by atoms with E-state index in [0.29, 0.717) is 23.1 Å². The Balaban J connectivity index is 1.59. The lowest BCUT2D eigenvalue weighted by molar-refractivity contribution is 0.367. The van der Waals surface area contributed by atoms with Gasteiger partial charge in [-0.25, -0.2) is 9.98 Å². The summed E-state index contributed by atoms with van der Waals surface area (Å²) in [5, 5.41) is 20.1. The van der Waals surface area contributed by atoms with Crippen molar-refractivity contribution in [3.63, 3.8) is 0 Å². The van der Waals surface area contributed by atoms with Gasteiger partial charge in [-0.1, -0.05) is 12.1 Å². The van der Waals surface area contributed by atoms with Crippen LogP contribution in [0.2, 0.25) is 0 Å². The molecular weight excluding hydrogens is 392 g/mol. The normalized spacial score (nSPS) is 15.2. The third-order valence-electron chi connectivity index (χ3n) is 4.73. The molecule has 1 aromatic carbocycles. The summed E-state index contributed by atoms with van der Waals surface area (Å²) in [7, 11) is 5.42. The second kappa shape index (κ2) is 8.59. The number of nitrogens with one attached hydrogen (secondary N) is 2. The molecule has 0 fully saturated rings. The van der Waals surface area contributed by atoms with Crippen molar-refractivity contribution in [2.24, 2.45) is 12.0 Å². The molecule has 0 amide bonds. The van der Waals surface area contributed by atoms with Gasteiger partial charge in [0.15, 0.2) is 12.0 Å². The lowest BCUT2D eigenvalue weighted by atomic mass is 10.1. The molecule has 3 heterocycles. The molecule has 0 bridgehead atoms. The first-order valence-corrected chi connectivity index (χ1v) is 9.63. The number of para-hydroxylation sites is 1. The van der Waals surface area contributed by atoms with Gasteiger partial charge in [-0.3, -0.25) is 4.68 Å². The van der Waals surface area contributed by atoms with Crippen molar-refractivity contribution in [3.8, 4) is 23.1 Å². The number of benzene rings is 1. The minimum atomic E-state index is -0.390. The van der Waals surface area contributed by atoms with Gasteiger partial charge in [-0.2, -0.15) is 10.4 Å². The van der Waals surface area contributed by atoms with Crippen LogP contribution in [0.5, 0.6) is 5.75 Å². The highest BCUT2D eigenvalue weighted by Crippen LogP contribution is 2.35. The van der Waals surface area contributed by atoms with Gasteiger partial charge >= 0.3 is 0 Å². The number of ether oxygens (including phenoxy) is 1. The van der Waals surface area contributed by atoms with E-state index in [0.717, 1.165) is 16.9 Å². The molecule has 1 atom stereocenters. The SMILES string of the molecule is COc1c(NC2=NC(Nc3cccc(C#N)n3)N(C)C=C2)cccc1-c1ccn(C)n1. The van der Waals surface area contributed by atoms with Gasteiger partial charge in [0.05, 0.1) is 18.5 Å². The zero-order valence-corrected chi connectivity index (χ0v) is 17.4. The van der Waals surface area contributed by atoms with Crippen molar-refractivity contribution >= 4 is 17.3 Å². The monoisotopic (exact) mass is 414 g/mol. The van der Waals surface area contributed by atoms with Crippen LogP contribution in [-0.4, -0.2) is 45.9 Å². The van der Waals surface area contributed by atoms with E-state index in [-0.39, 0.29) is 6.29 Å². The van der Waals surface area contributed by atoms with Crippen LogP contribution in [0.1, 0.15) is 5.69 Å². The first-order valence-electron chi connectivity index (χ1n) is 9.63. The van der Waals surface area contributed by atoms with E-state index in [1.54, 1.807) is 30.0 Å². The van der Waals surface area contributed by atoms with Crippen LogP contribution >= 0.6 is 0 Å².